The van der Waals surface area contributed by atoms with E-state index >= 15 is 0 Å². The standard InChI is InChI=1S/C22H24N2O6/c1-16(30-21(26)15-29-20-5-3-2-4-17(20)14-25)22(27)23-18-6-8-19(9-7-18)24-10-12-28-13-11-24/h2-9,14,16H,10-13,15H2,1H3,(H,23,27)/t16-/m0/s1. The average molecular weight is 412 g/mol. The molecule has 2 aromatic rings. The number of carbonyl (C=O) groups is 3. The average Bonchev–Trinajstić information content (AvgIpc) is 2.79. The molecule has 3 rings (SSSR count). The van der Waals surface area contributed by atoms with Crippen molar-refractivity contribution in [1.29, 1.82) is 0 Å². The molecule has 158 valence electrons. The largest absolute Gasteiger partial charge is 0.481 e. The first-order chi connectivity index (χ1) is 14.6. The summed E-state index contributed by atoms with van der Waals surface area (Å²) in [5.74, 6) is -0.876. The summed E-state index contributed by atoms with van der Waals surface area (Å²) in [6, 6.07) is 14.0. The van der Waals surface area contributed by atoms with Crippen LogP contribution in [0.4, 0.5) is 11.4 Å². The molecule has 8 nitrogen and oxygen atoms in total. The van der Waals surface area contributed by atoms with Crippen LogP contribution in [0.2, 0.25) is 0 Å². The highest BCUT2D eigenvalue weighted by Gasteiger charge is 2.19. The second-order valence-corrected chi connectivity index (χ2v) is 6.71. The Morgan fingerprint density at radius 3 is 2.53 bits per heavy atom. The number of rotatable bonds is 8. The quantitative estimate of drug-likeness (QED) is 0.525. The number of hydrogen-bond donors (Lipinski definition) is 1. The molecule has 8 heteroatoms. The number of aldehydes is 1. The van der Waals surface area contributed by atoms with Crippen LogP contribution in [0, 0.1) is 0 Å². The van der Waals surface area contributed by atoms with Gasteiger partial charge >= 0.3 is 5.97 Å². The molecular weight excluding hydrogens is 388 g/mol. The van der Waals surface area contributed by atoms with Gasteiger partial charge in [0.1, 0.15) is 5.75 Å². The van der Waals surface area contributed by atoms with Gasteiger partial charge in [0.25, 0.3) is 5.91 Å². The van der Waals surface area contributed by atoms with Crippen molar-refractivity contribution in [3.05, 3.63) is 54.1 Å². The number of hydrogen-bond acceptors (Lipinski definition) is 7. The van der Waals surface area contributed by atoms with Gasteiger partial charge in [0.2, 0.25) is 0 Å². The van der Waals surface area contributed by atoms with E-state index in [1.165, 1.54) is 6.92 Å². The van der Waals surface area contributed by atoms with E-state index in [4.69, 9.17) is 14.2 Å². The van der Waals surface area contributed by atoms with E-state index < -0.39 is 24.6 Å². The number of morpholine rings is 1. The Bertz CT molecular complexity index is 877. The Hall–Kier alpha value is -3.39. The van der Waals surface area contributed by atoms with Crippen LogP contribution >= 0.6 is 0 Å². The first-order valence-electron chi connectivity index (χ1n) is 9.67. The van der Waals surface area contributed by atoms with Crippen molar-refractivity contribution in [3.8, 4) is 5.75 Å². The van der Waals surface area contributed by atoms with Gasteiger partial charge in [0, 0.05) is 24.5 Å². The van der Waals surface area contributed by atoms with E-state index in [1.807, 2.05) is 12.1 Å². The Morgan fingerprint density at radius 2 is 1.83 bits per heavy atom. The molecule has 0 saturated carbocycles. The minimum atomic E-state index is -0.999. The fraction of sp³-hybridized carbons (Fsp3) is 0.318. The van der Waals surface area contributed by atoms with Crippen LogP contribution in [-0.4, -0.2) is 57.2 Å². The third-order valence-electron chi connectivity index (χ3n) is 4.58. The highest BCUT2D eigenvalue weighted by molar-refractivity contribution is 5.95. The van der Waals surface area contributed by atoms with Crippen molar-refractivity contribution >= 4 is 29.5 Å². The summed E-state index contributed by atoms with van der Waals surface area (Å²) in [5.41, 5.74) is 2.00. The van der Waals surface area contributed by atoms with Crippen molar-refractivity contribution in [2.75, 3.05) is 43.1 Å². The molecule has 1 heterocycles. The lowest BCUT2D eigenvalue weighted by Crippen LogP contribution is -2.36. The SMILES string of the molecule is C[C@H](OC(=O)COc1ccccc1C=O)C(=O)Nc1ccc(N2CCOCC2)cc1. The zero-order chi connectivity index (χ0) is 21.3. The normalized spacial score (nSPS) is 14.5. The van der Waals surface area contributed by atoms with Gasteiger partial charge < -0.3 is 24.4 Å². The lowest BCUT2D eigenvalue weighted by molar-refractivity contribution is -0.155. The molecule has 1 N–H and O–H groups in total. The van der Waals surface area contributed by atoms with Gasteiger partial charge in [-0.2, -0.15) is 0 Å². The van der Waals surface area contributed by atoms with E-state index in [1.54, 1.807) is 36.4 Å². The molecule has 1 aliphatic rings. The summed E-state index contributed by atoms with van der Waals surface area (Å²) in [6.07, 6.45) is -0.359. The molecule has 0 radical (unpaired) electrons. The Kier molecular flexibility index (Phi) is 7.40. The maximum absolute atomic E-state index is 12.3. The molecule has 1 aliphatic heterocycles. The van der Waals surface area contributed by atoms with Gasteiger partial charge in [-0.25, -0.2) is 4.79 Å². The van der Waals surface area contributed by atoms with Crippen LogP contribution in [0.15, 0.2) is 48.5 Å². The summed E-state index contributed by atoms with van der Waals surface area (Å²) >= 11 is 0. The molecule has 0 aliphatic carbocycles. The summed E-state index contributed by atoms with van der Waals surface area (Å²) in [5, 5.41) is 2.72. The monoisotopic (exact) mass is 412 g/mol. The Labute approximate surface area is 174 Å². The number of nitrogens with one attached hydrogen (secondary N) is 1. The Balaban J connectivity index is 1.46. The molecule has 2 aromatic carbocycles. The van der Waals surface area contributed by atoms with Crippen LogP contribution < -0.4 is 15.0 Å². The zero-order valence-corrected chi connectivity index (χ0v) is 16.7. The van der Waals surface area contributed by atoms with E-state index in [-0.39, 0.29) is 5.75 Å². The predicted molar refractivity (Wildman–Crippen MR) is 111 cm³/mol. The predicted octanol–water partition coefficient (Wildman–Crippen LogP) is 2.28. The van der Waals surface area contributed by atoms with Crippen molar-refractivity contribution in [3.63, 3.8) is 0 Å². The van der Waals surface area contributed by atoms with E-state index in [9.17, 15) is 14.4 Å². The van der Waals surface area contributed by atoms with Crippen molar-refractivity contribution in [1.82, 2.24) is 0 Å². The maximum Gasteiger partial charge on any atom is 0.344 e. The molecule has 0 aromatic heterocycles. The molecule has 0 spiro atoms. The number of esters is 1. The number of carbonyl (C=O) groups excluding carboxylic acids is 3. The number of para-hydroxylation sites is 1. The number of nitrogens with zero attached hydrogens (tertiary/aromatic N) is 1. The van der Waals surface area contributed by atoms with Crippen molar-refractivity contribution in [2.24, 2.45) is 0 Å². The molecule has 0 bridgehead atoms. The second kappa shape index (κ2) is 10.4. The molecule has 1 amide bonds. The lowest BCUT2D eigenvalue weighted by Gasteiger charge is -2.28. The summed E-state index contributed by atoms with van der Waals surface area (Å²) < 4.78 is 15.8. The molecule has 0 unspecified atom stereocenters. The molecular formula is C22H24N2O6. The zero-order valence-electron chi connectivity index (χ0n) is 16.7. The summed E-state index contributed by atoms with van der Waals surface area (Å²) in [4.78, 5) is 37.5. The summed E-state index contributed by atoms with van der Waals surface area (Å²) in [7, 11) is 0. The minimum Gasteiger partial charge on any atom is -0.481 e. The first-order valence-corrected chi connectivity index (χ1v) is 9.67. The third kappa shape index (κ3) is 5.81. The molecule has 1 fully saturated rings. The van der Waals surface area contributed by atoms with Crippen LogP contribution in [-0.2, 0) is 19.1 Å². The number of amides is 1. The van der Waals surface area contributed by atoms with Gasteiger partial charge in [-0.1, -0.05) is 12.1 Å². The van der Waals surface area contributed by atoms with Crippen LogP contribution in [0.25, 0.3) is 0 Å². The van der Waals surface area contributed by atoms with Crippen molar-refractivity contribution in [2.45, 2.75) is 13.0 Å². The molecule has 30 heavy (non-hydrogen) atoms. The van der Waals surface area contributed by atoms with Crippen LogP contribution in [0.3, 0.4) is 0 Å². The smallest absolute Gasteiger partial charge is 0.344 e. The number of ether oxygens (including phenoxy) is 3. The van der Waals surface area contributed by atoms with E-state index in [0.29, 0.717) is 30.8 Å². The number of benzene rings is 2. The molecule has 1 atom stereocenters. The minimum absolute atomic E-state index is 0.280. The second-order valence-electron chi connectivity index (χ2n) is 6.71. The summed E-state index contributed by atoms with van der Waals surface area (Å²) in [6.45, 7) is 4.14. The van der Waals surface area contributed by atoms with Gasteiger partial charge in [0.05, 0.1) is 18.8 Å². The highest BCUT2D eigenvalue weighted by atomic mass is 16.6. The maximum atomic E-state index is 12.3. The third-order valence-corrected chi connectivity index (χ3v) is 4.58. The number of anilines is 2. The topological polar surface area (TPSA) is 94.2 Å². The fourth-order valence-electron chi connectivity index (χ4n) is 2.95. The van der Waals surface area contributed by atoms with Gasteiger partial charge in [-0.15, -0.1) is 0 Å². The van der Waals surface area contributed by atoms with Gasteiger partial charge in [0.15, 0.2) is 19.0 Å². The van der Waals surface area contributed by atoms with Crippen LogP contribution in [0.1, 0.15) is 17.3 Å². The lowest BCUT2D eigenvalue weighted by atomic mass is 10.2. The highest BCUT2D eigenvalue weighted by Crippen LogP contribution is 2.19. The van der Waals surface area contributed by atoms with E-state index in [2.05, 4.69) is 10.2 Å². The van der Waals surface area contributed by atoms with Crippen LogP contribution in [0.5, 0.6) is 5.75 Å². The van der Waals surface area contributed by atoms with Gasteiger partial charge in [-0.3, -0.25) is 9.59 Å². The van der Waals surface area contributed by atoms with Gasteiger partial charge in [-0.05, 0) is 43.3 Å². The fourth-order valence-corrected chi connectivity index (χ4v) is 2.95. The molecule has 1 saturated heterocycles. The van der Waals surface area contributed by atoms with Crippen molar-refractivity contribution < 1.29 is 28.6 Å². The van der Waals surface area contributed by atoms with E-state index in [0.717, 1.165) is 18.8 Å². The Morgan fingerprint density at radius 1 is 1.13 bits per heavy atom. The first kappa shape index (κ1) is 21.3.